The van der Waals surface area contributed by atoms with Crippen molar-refractivity contribution in [3.63, 3.8) is 0 Å². The Morgan fingerprint density at radius 2 is 1.81 bits per heavy atom. The van der Waals surface area contributed by atoms with E-state index in [-0.39, 0.29) is 10.7 Å². The van der Waals surface area contributed by atoms with Gasteiger partial charge in [0.1, 0.15) is 0 Å². The molecule has 1 aromatic carbocycles. The van der Waals surface area contributed by atoms with Crippen molar-refractivity contribution in [2.75, 3.05) is 16.8 Å². The van der Waals surface area contributed by atoms with E-state index in [1.807, 2.05) is 32.0 Å². The van der Waals surface area contributed by atoms with Gasteiger partial charge in [0, 0.05) is 13.2 Å². The van der Waals surface area contributed by atoms with E-state index in [1.54, 1.807) is 12.1 Å². The minimum absolute atomic E-state index is 0.103. The second-order valence-electron chi connectivity index (χ2n) is 4.82. The maximum absolute atomic E-state index is 12.7. The molecule has 0 saturated heterocycles. The lowest BCUT2D eigenvalue weighted by Gasteiger charge is -2.21. The highest BCUT2D eigenvalue weighted by Crippen LogP contribution is 2.26. The van der Waals surface area contributed by atoms with Crippen LogP contribution in [0.1, 0.15) is 11.1 Å². The molecule has 6 nitrogen and oxygen atoms in total. The molecule has 0 saturated carbocycles. The highest BCUT2D eigenvalue weighted by atomic mass is 32.2. The molecule has 7 heteroatoms. The monoisotopic (exact) mass is 306 g/mol. The van der Waals surface area contributed by atoms with Crippen LogP contribution in [0.4, 0.5) is 11.4 Å². The van der Waals surface area contributed by atoms with Crippen molar-refractivity contribution in [3.8, 4) is 0 Å². The van der Waals surface area contributed by atoms with Crippen molar-refractivity contribution in [2.24, 2.45) is 5.84 Å². The van der Waals surface area contributed by atoms with Crippen molar-refractivity contribution in [3.05, 3.63) is 47.7 Å². The third-order valence-corrected chi connectivity index (χ3v) is 4.85. The Bertz CT molecular complexity index is 739. The average molecular weight is 306 g/mol. The first kappa shape index (κ1) is 15.3. The highest BCUT2D eigenvalue weighted by molar-refractivity contribution is 7.92. The number of hydrazine groups is 1. The number of rotatable bonds is 4. The Morgan fingerprint density at radius 1 is 1.19 bits per heavy atom. The Hall–Kier alpha value is -2.12. The van der Waals surface area contributed by atoms with Gasteiger partial charge in [-0.1, -0.05) is 6.07 Å². The lowest BCUT2D eigenvalue weighted by molar-refractivity contribution is 0.591. The van der Waals surface area contributed by atoms with Gasteiger partial charge >= 0.3 is 0 Å². The number of hydrogen-bond acceptors (Lipinski definition) is 5. The van der Waals surface area contributed by atoms with Crippen LogP contribution < -0.4 is 15.6 Å². The number of hydrogen-bond donors (Lipinski definition) is 2. The largest absolute Gasteiger partial charge is 0.321 e. The van der Waals surface area contributed by atoms with Gasteiger partial charge in [0.15, 0.2) is 0 Å². The number of aromatic nitrogens is 1. The summed E-state index contributed by atoms with van der Waals surface area (Å²) in [4.78, 5) is 3.94. The second-order valence-corrected chi connectivity index (χ2v) is 6.70. The van der Waals surface area contributed by atoms with Gasteiger partial charge in [-0.05, 0) is 49.2 Å². The van der Waals surface area contributed by atoms with Crippen molar-refractivity contribution in [2.45, 2.75) is 18.9 Å². The number of nitrogen functional groups attached to an aromatic ring is 1. The zero-order chi connectivity index (χ0) is 15.6. The van der Waals surface area contributed by atoms with Crippen molar-refractivity contribution >= 4 is 21.4 Å². The van der Waals surface area contributed by atoms with E-state index in [0.29, 0.717) is 5.69 Å². The minimum atomic E-state index is -3.79. The van der Waals surface area contributed by atoms with Crippen molar-refractivity contribution in [1.82, 2.24) is 4.98 Å². The molecule has 0 aliphatic carbocycles. The predicted octanol–water partition coefficient (Wildman–Crippen LogP) is 1.81. The van der Waals surface area contributed by atoms with Gasteiger partial charge in [0.2, 0.25) is 5.03 Å². The molecule has 2 rings (SSSR count). The number of nitrogens with one attached hydrogen (secondary N) is 1. The van der Waals surface area contributed by atoms with Gasteiger partial charge in [-0.2, -0.15) is 8.42 Å². The van der Waals surface area contributed by atoms with Gasteiger partial charge in [-0.3, -0.25) is 10.1 Å². The highest BCUT2D eigenvalue weighted by Gasteiger charge is 2.26. The van der Waals surface area contributed by atoms with Gasteiger partial charge in [-0.25, -0.2) is 4.98 Å². The van der Waals surface area contributed by atoms with Crippen molar-refractivity contribution < 1.29 is 8.42 Å². The van der Waals surface area contributed by atoms with E-state index in [1.165, 1.54) is 17.5 Å². The molecule has 0 aliphatic heterocycles. The first-order chi connectivity index (χ1) is 9.86. The van der Waals surface area contributed by atoms with Gasteiger partial charge in [0.25, 0.3) is 10.0 Å². The summed E-state index contributed by atoms with van der Waals surface area (Å²) in [6, 6.07) is 8.78. The number of pyridine rings is 1. The molecule has 3 N–H and O–H groups in total. The normalized spacial score (nSPS) is 11.2. The number of sulfonamides is 1. The number of nitrogens with two attached hydrogens (primary N) is 1. The summed E-state index contributed by atoms with van der Waals surface area (Å²) in [5.74, 6) is 5.36. The van der Waals surface area contributed by atoms with Gasteiger partial charge < -0.3 is 5.43 Å². The second kappa shape index (κ2) is 5.71. The summed E-state index contributed by atoms with van der Waals surface area (Å²) in [5.41, 5.74) is 5.19. The van der Waals surface area contributed by atoms with E-state index in [2.05, 4.69) is 10.4 Å². The van der Waals surface area contributed by atoms with Crippen LogP contribution in [-0.2, 0) is 10.0 Å². The van der Waals surface area contributed by atoms with Crippen LogP contribution >= 0.6 is 0 Å². The number of aryl methyl sites for hydroxylation is 2. The fourth-order valence-electron chi connectivity index (χ4n) is 2.11. The molecule has 2 aromatic rings. The minimum Gasteiger partial charge on any atom is -0.321 e. The first-order valence-electron chi connectivity index (χ1n) is 6.35. The quantitative estimate of drug-likeness (QED) is 0.664. The smallest absolute Gasteiger partial charge is 0.283 e. The molecule has 1 heterocycles. The van der Waals surface area contributed by atoms with Gasteiger partial charge in [0.05, 0.1) is 11.4 Å². The molecule has 1 aromatic heterocycles. The zero-order valence-electron chi connectivity index (χ0n) is 12.2. The van der Waals surface area contributed by atoms with E-state index in [0.717, 1.165) is 11.1 Å². The van der Waals surface area contributed by atoms with Crippen LogP contribution in [0, 0.1) is 13.8 Å². The molecular weight excluding hydrogens is 288 g/mol. The zero-order valence-corrected chi connectivity index (χ0v) is 13.0. The van der Waals surface area contributed by atoms with Crippen LogP contribution in [-0.4, -0.2) is 20.4 Å². The molecule has 112 valence electrons. The summed E-state index contributed by atoms with van der Waals surface area (Å²) >= 11 is 0. The fraction of sp³-hybridized carbons (Fsp3) is 0.214. The fourth-order valence-corrected chi connectivity index (χ4v) is 3.35. The number of nitrogens with zero attached hydrogens (tertiary/aromatic N) is 2. The van der Waals surface area contributed by atoms with Crippen LogP contribution in [0.3, 0.4) is 0 Å². The van der Waals surface area contributed by atoms with Crippen LogP contribution in [0.25, 0.3) is 0 Å². The van der Waals surface area contributed by atoms with E-state index >= 15 is 0 Å². The van der Waals surface area contributed by atoms with Crippen LogP contribution in [0.5, 0.6) is 0 Å². The van der Waals surface area contributed by atoms with E-state index in [9.17, 15) is 8.42 Å². The molecule has 0 bridgehead atoms. The third-order valence-electron chi connectivity index (χ3n) is 3.10. The summed E-state index contributed by atoms with van der Waals surface area (Å²) in [6.07, 6.45) is 1.42. The van der Waals surface area contributed by atoms with Crippen LogP contribution in [0.15, 0.2) is 41.6 Å². The standard InChI is InChI=1S/C14H18N4O2S/c1-10-7-11(2)9-12(8-10)18(3)21(19,20)14-13(17-15)5-4-6-16-14/h4-9,17H,15H2,1-3H3. The molecule has 0 atom stereocenters. The third kappa shape index (κ3) is 2.98. The maximum atomic E-state index is 12.7. The molecule has 0 spiro atoms. The summed E-state index contributed by atoms with van der Waals surface area (Å²) < 4.78 is 26.6. The van der Waals surface area contributed by atoms with Crippen LogP contribution in [0.2, 0.25) is 0 Å². The van der Waals surface area contributed by atoms with Crippen molar-refractivity contribution in [1.29, 1.82) is 0 Å². The molecule has 21 heavy (non-hydrogen) atoms. The van der Waals surface area contributed by atoms with Gasteiger partial charge in [-0.15, -0.1) is 0 Å². The summed E-state index contributed by atoms with van der Waals surface area (Å²) in [5, 5.41) is -0.103. The van der Waals surface area contributed by atoms with E-state index < -0.39 is 10.0 Å². The molecular formula is C14H18N4O2S. The Morgan fingerprint density at radius 3 is 2.38 bits per heavy atom. The molecule has 0 amide bonds. The predicted molar refractivity (Wildman–Crippen MR) is 83.6 cm³/mol. The topological polar surface area (TPSA) is 88.3 Å². The number of benzene rings is 1. The Labute approximate surface area is 124 Å². The summed E-state index contributed by atoms with van der Waals surface area (Å²) in [6.45, 7) is 3.84. The lowest BCUT2D eigenvalue weighted by atomic mass is 10.1. The Kier molecular flexibility index (Phi) is 4.15. The molecule has 0 radical (unpaired) electrons. The summed E-state index contributed by atoms with van der Waals surface area (Å²) in [7, 11) is -2.29. The number of anilines is 2. The SMILES string of the molecule is Cc1cc(C)cc(N(C)S(=O)(=O)c2ncccc2NN)c1. The van der Waals surface area contributed by atoms with E-state index in [4.69, 9.17) is 5.84 Å². The lowest BCUT2D eigenvalue weighted by Crippen LogP contribution is -2.28. The molecule has 0 fully saturated rings. The maximum Gasteiger partial charge on any atom is 0.283 e. The first-order valence-corrected chi connectivity index (χ1v) is 7.79. The molecule has 0 unspecified atom stereocenters. The molecule has 0 aliphatic rings. The average Bonchev–Trinajstić information content (AvgIpc) is 2.45. The Balaban J connectivity index is 2.52.